The number of esters is 2. The number of Topliss-reactive ketones (excluding diaryl/α,β-unsaturated/α-hetero) is 1. The number of allylic oxidation sites excluding steroid dienone is 1. The van der Waals surface area contributed by atoms with Crippen molar-refractivity contribution in [1.82, 2.24) is 0 Å². The molecule has 0 aromatic carbocycles. The summed E-state index contributed by atoms with van der Waals surface area (Å²) in [6.07, 6.45) is 6.19. The van der Waals surface area contributed by atoms with Gasteiger partial charge in [0, 0.05) is 18.3 Å². The number of fused-ring (bicyclic) bond motifs is 1. The molecule has 6 nitrogen and oxygen atoms in total. The minimum atomic E-state index is -2.00. The zero-order chi connectivity index (χ0) is 28.6. The van der Waals surface area contributed by atoms with Crippen molar-refractivity contribution in [2.75, 3.05) is 0 Å². The van der Waals surface area contributed by atoms with Crippen molar-refractivity contribution in [3.8, 4) is 0 Å². The fourth-order valence-corrected chi connectivity index (χ4v) is 7.31. The van der Waals surface area contributed by atoms with Crippen LogP contribution in [0.3, 0.4) is 0 Å². The molecule has 0 aromatic rings. The van der Waals surface area contributed by atoms with Crippen molar-refractivity contribution in [1.29, 1.82) is 0 Å². The van der Waals surface area contributed by atoms with E-state index in [1.54, 1.807) is 0 Å². The predicted octanol–water partition coefficient (Wildman–Crippen LogP) is 7.02. The van der Waals surface area contributed by atoms with E-state index in [0.717, 1.165) is 24.8 Å². The monoisotopic (exact) mass is 548 g/mol. The summed E-state index contributed by atoms with van der Waals surface area (Å²) in [5.41, 5.74) is 0.290. The van der Waals surface area contributed by atoms with E-state index in [1.807, 2.05) is 27.7 Å². The number of rotatable bonds is 8. The number of ketones is 1. The minimum absolute atomic E-state index is 0.0769. The molecule has 1 saturated carbocycles. The second-order valence-electron chi connectivity index (χ2n) is 14.4. The van der Waals surface area contributed by atoms with Gasteiger partial charge >= 0.3 is 11.9 Å². The van der Waals surface area contributed by atoms with Gasteiger partial charge in [0.15, 0.2) is 14.1 Å². The molecule has 2 fully saturated rings. The number of cyclic esters (lactones) is 1. The van der Waals surface area contributed by atoms with Gasteiger partial charge in [-0.3, -0.25) is 14.4 Å². The third-order valence-corrected chi connectivity index (χ3v) is 14.5. The number of carbonyl (C=O) groups is 3. The lowest BCUT2D eigenvalue weighted by Crippen LogP contribution is -2.48. The predicted molar refractivity (Wildman–Crippen MR) is 152 cm³/mol. The summed E-state index contributed by atoms with van der Waals surface area (Å²) in [6, 6.07) is 0. The molecular weight excluding hydrogens is 496 g/mol. The van der Waals surface area contributed by atoms with Crippen molar-refractivity contribution >= 4 is 26.0 Å². The summed E-state index contributed by atoms with van der Waals surface area (Å²) in [5, 5.41) is 0.0769. The Balaban J connectivity index is 1.75. The van der Waals surface area contributed by atoms with Crippen molar-refractivity contribution in [2.24, 2.45) is 29.1 Å². The fourth-order valence-electron chi connectivity index (χ4n) is 5.95. The van der Waals surface area contributed by atoms with E-state index in [1.165, 1.54) is 0 Å². The molecule has 2 aliphatic carbocycles. The van der Waals surface area contributed by atoms with Gasteiger partial charge < -0.3 is 13.9 Å². The fraction of sp³-hybridized carbons (Fsp3) is 0.839. The van der Waals surface area contributed by atoms with Gasteiger partial charge in [-0.25, -0.2) is 0 Å². The van der Waals surface area contributed by atoms with Crippen molar-refractivity contribution in [3.63, 3.8) is 0 Å². The molecule has 1 saturated heterocycles. The first-order valence-corrected chi connectivity index (χ1v) is 17.7. The van der Waals surface area contributed by atoms with Gasteiger partial charge in [0.1, 0.15) is 12.2 Å². The lowest BCUT2D eigenvalue weighted by molar-refractivity contribution is -0.168. The van der Waals surface area contributed by atoms with E-state index in [4.69, 9.17) is 13.9 Å². The summed E-state index contributed by atoms with van der Waals surface area (Å²) in [4.78, 5) is 38.8. The second kappa shape index (κ2) is 11.6. The highest BCUT2D eigenvalue weighted by molar-refractivity contribution is 6.74. The average molecular weight is 549 g/mol. The molecule has 1 aliphatic heterocycles. The highest BCUT2D eigenvalue weighted by Gasteiger charge is 2.48. The molecule has 0 aromatic heterocycles. The quantitative estimate of drug-likeness (QED) is 0.240. The first-order valence-electron chi connectivity index (χ1n) is 14.8. The number of ether oxygens (including phenoxy) is 2. The topological polar surface area (TPSA) is 78.9 Å². The Morgan fingerprint density at radius 2 is 1.74 bits per heavy atom. The molecule has 0 radical (unpaired) electrons. The second-order valence-corrected chi connectivity index (χ2v) is 19.1. The van der Waals surface area contributed by atoms with Crippen LogP contribution in [0, 0.1) is 29.1 Å². The van der Waals surface area contributed by atoms with E-state index in [0.29, 0.717) is 31.6 Å². The van der Waals surface area contributed by atoms with Crippen LogP contribution in [0.2, 0.25) is 18.1 Å². The van der Waals surface area contributed by atoms with E-state index in [9.17, 15) is 14.4 Å². The Morgan fingerprint density at radius 1 is 1.08 bits per heavy atom. The molecule has 216 valence electrons. The molecule has 7 heteroatoms. The normalized spacial score (nSPS) is 32.8. The number of hydrogen-bond acceptors (Lipinski definition) is 6. The van der Waals surface area contributed by atoms with Crippen LogP contribution in [-0.4, -0.2) is 44.4 Å². The highest BCUT2D eigenvalue weighted by atomic mass is 28.4. The standard InChI is InChI=1S/C31H52O6Si/c1-11-31(7,8)29(34)36-25-16-20(3)28(33)24-14-12-19(2)23(27(24)25)15-13-21-17-22(18-26(32)35-21)37-38(9,10)30(4,5)6/h14,19-23,25,27H,11-13,15-18H2,1-10H3/t19-,20+,21+,22+,23-,25-,27+/m0/s1. The van der Waals surface area contributed by atoms with E-state index in [-0.39, 0.29) is 58.8 Å². The number of hydrogen-bond donors (Lipinski definition) is 0. The van der Waals surface area contributed by atoms with Crippen LogP contribution in [0.4, 0.5) is 0 Å². The Morgan fingerprint density at radius 3 is 2.34 bits per heavy atom. The molecule has 7 atom stereocenters. The van der Waals surface area contributed by atoms with Crippen LogP contribution in [0.5, 0.6) is 0 Å². The molecule has 0 spiro atoms. The van der Waals surface area contributed by atoms with Gasteiger partial charge in [-0.2, -0.15) is 0 Å². The Kier molecular flexibility index (Phi) is 9.45. The Hall–Kier alpha value is -1.47. The van der Waals surface area contributed by atoms with Crippen LogP contribution in [0.15, 0.2) is 11.6 Å². The van der Waals surface area contributed by atoms with Crippen molar-refractivity contribution in [2.45, 2.75) is 137 Å². The van der Waals surface area contributed by atoms with E-state index in [2.05, 4.69) is 46.9 Å². The van der Waals surface area contributed by atoms with Gasteiger partial charge in [0.2, 0.25) is 0 Å². The van der Waals surface area contributed by atoms with Crippen LogP contribution < -0.4 is 0 Å². The molecule has 3 rings (SSSR count). The summed E-state index contributed by atoms with van der Waals surface area (Å²) in [7, 11) is -2.00. The zero-order valence-electron chi connectivity index (χ0n) is 25.5. The van der Waals surface area contributed by atoms with Crippen LogP contribution in [0.1, 0.15) is 100 Å². The molecule has 0 N–H and O–H groups in total. The maximum atomic E-state index is 13.2. The lowest BCUT2D eigenvalue weighted by Gasteiger charge is -2.45. The average Bonchev–Trinajstić information content (AvgIpc) is 2.80. The molecule has 0 unspecified atom stereocenters. The maximum Gasteiger partial charge on any atom is 0.311 e. The number of carbonyl (C=O) groups excluding carboxylic acids is 3. The smallest absolute Gasteiger partial charge is 0.311 e. The minimum Gasteiger partial charge on any atom is -0.462 e. The van der Waals surface area contributed by atoms with Crippen molar-refractivity contribution < 1.29 is 28.3 Å². The lowest BCUT2D eigenvalue weighted by atomic mass is 9.62. The van der Waals surface area contributed by atoms with Crippen molar-refractivity contribution in [3.05, 3.63) is 11.6 Å². The summed E-state index contributed by atoms with van der Waals surface area (Å²) in [6.45, 7) is 21.1. The largest absolute Gasteiger partial charge is 0.462 e. The van der Waals surface area contributed by atoms with Gasteiger partial charge in [-0.05, 0) is 81.5 Å². The molecular formula is C31H52O6Si. The molecule has 1 heterocycles. The first-order chi connectivity index (χ1) is 17.5. The third kappa shape index (κ3) is 6.80. The molecule has 38 heavy (non-hydrogen) atoms. The van der Waals surface area contributed by atoms with Crippen LogP contribution in [0.25, 0.3) is 0 Å². The molecule has 0 bridgehead atoms. The van der Waals surface area contributed by atoms with E-state index < -0.39 is 13.7 Å². The van der Waals surface area contributed by atoms with Gasteiger partial charge in [0.05, 0.1) is 17.9 Å². The molecule has 0 amide bonds. The van der Waals surface area contributed by atoms with E-state index >= 15 is 0 Å². The zero-order valence-corrected chi connectivity index (χ0v) is 26.5. The van der Waals surface area contributed by atoms with Gasteiger partial charge in [-0.1, -0.05) is 47.6 Å². The SMILES string of the molecule is CCC(C)(C)C(=O)O[C@H]1C[C@@H](C)C(=O)C2=CC[C@H](C)[C@H](CC[C@@H]3C[C@@H](O[Si](C)(C)C(C)(C)C)CC(=O)O3)[C@H]21. The highest BCUT2D eigenvalue weighted by Crippen LogP contribution is 2.47. The van der Waals surface area contributed by atoms with Gasteiger partial charge in [0.25, 0.3) is 0 Å². The first kappa shape index (κ1) is 31.1. The van der Waals surface area contributed by atoms with Gasteiger partial charge in [-0.15, -0.1) is 0 Å². The third-order valence-electron chi connectivity index (χ3n) is 9.98. The van der Waals surface area contributed by atoms with Crippen LogP contribution >= 0.6 is 0 Å². The Labute approximate surface area is 231 Å². The summed E-state index contributed by atoms with van der Waals surface area (Å²) >= 11 is 0. The molecule has 3 aliphatic rings. The maximum absolute atomic E-state index is 13.2. The Bertz CT molecular complexity index is 929. The summed E-state index contributed by atoms with van der Waals surface area (Å²) < 4.78 is 18.6. The summed E-state index contributed by atoms with van der Waals surface area (Å²) in [5.74, 6) is 0.116. The van der Waals surface area contributed by atoms with Crippen LogP contribution in [-0.2, 0) is 28.3 Å².